The first kappa shape index (κ1) is 19.8. The number of hydrogen-bond donors (Lipinski definition) is 2. The van der Waals surface area contributed by atoms with Gasteiger partial charge in [-0.25, -0.2) is 9.59 Å². The number of rotatable bonds is 5. The average Bonchev–Trinajstić information content (AvgIpc) is 2.57. The van der Waals surface area contributed by atoms with Crippen molar-refractivity contribution in [1.29, 1.82) is 0 Å². The molecular formula is C15H12F3N3O6. The van der Waals surface area contributed by atoms with Crippen LogP contribution < -0.4 is 21.7 Å². The van der Waals surface area contributed by atoms with Gasteiger partial charge in [-0.2, -0.15) is 0 Å². The highest BCUT2D eigenvalue weighted by atomic mass is 19.4. The molecule has 2 aromatic rings. The maximum atomic E-state index is 12.1. The molecule has 0 aliphatic carbocycles. The summed E-state index contributed by atoms with van der Waals surface area (Å²) < 4.78 is 45.4. The van der Waals surface area contributed by atoms with E-state index in [1.54, 1.807) is 0 Å². The fraction of sp³-hybridized carbons (Fsp3) is 0.200. The molecule has 0 radical (unpaired) electrons. The molecule has 0 atom stereocenters. The molecule has 0 unspecified atom stereocenters. The summed E-state index contributed by atoms with van der Waals surface area (Å²) in [6, 6.07) is 3.78. The van der Waals surface area contributed by atoms with E-state index in [2.05, 4.69) is 4.74 Å². The topological polar surface area (TPSA) is 133 Å². The van der Waals surface area contributed by atoms with Crippen molar-refractivity contribution in [1.82, 2.24) is 9.55 Å². The SMILES string of the molecule is Cn1c(N)c(C(=O)COC(=O)c2ccc(OC(F)(F)F)cc2)c(=O)[nH]c1=O. The van der Waals surface area contributed by atoms with Crippen LogP contribution in [0.25, 0.3) is 0 Å². The molecule has 2 rings (SSSR count). The van der Waals surface area contributed by atoms with E-state index in [1.165, 1.54) is 7.05 Å². The number of nitrogen functional groups attached to an aromatic ring is 1. The highest BCUT2D eigenvalue weighted by Crippen LogP contribution is 2.22. The zero-order valence-electron chi connectivity index (χ0n) is 13.6. The lowest BCUT2D eigenvalue weighted by atomic mass is 10.2. The third-order valence-corrected chi connectivity index (χ3v) is 3.31. The van der Waals surface area contributed by atoms with Gasteiger partial charge in [0.2, 0.25) is 5.78 Å². The minimum atomic E-state index is -4.88. The Balaban J connectivity index is 2.08. The lowest BCUT2D eigenvalue weighted by molar-refractivity contribution is -0.274. The molecule has 0 spiro atoms. The normalized spacial score (nSPS) is 11.1. The number of ketones is 1. The van der Waals surface area contributed by atoms with Gasteiger partial charge in [0.05, 0.1) is 5.56 Å². The van der Waals surface area contributed by atoms with E-state index in [0.717, 1.165) is 28.8 Å². The fourth-order valence-electron chi connectivity index (χ4n) is 1.99. The Bertz CT molecular complexity index is 992. The van der Waals surface area contributed by atoms with Crippen molar-refractivity contribution < 1.29 is 32.2 Å². The van der Waals surface area contributed by atoms with Gasteiger partial charge in [-0.15, -0.1) is 13.2 Å². The molecule has 0 bridgehead atoms. The van der Waals surface area contributed by atoms with E-state index in [9.17, 15) is 32.3 Å². The predicted molar refractivity (Wildman–Crippen MR) is 84.5 cm³/mol. The van der Waals surface area contributed by atoms with Gasteiger partial charge in [0.15, 0.2) is 6.61 Å². The number of Topliss-reactive ketones (excluding diaryl/α,β-unsaturated/α-hetero) is 1. The van der Waals surface area contributed by atoms with E-state index < -0.39 is 53.1 Å². The molecule has 12 heteroatoms. The van der Waals surface area contributed by atoms with E-state index in [4.69, 9.17) is 10.5 Å². The molecule has 9 nitrogen and oxygen atoms in total. The number of H-pyrrole nitrogens is 1. The van der Waals surface area contributed by atoms with Crippen LogP contribution in [0.1, 0.15) is 20.7 Å². The quantitative estimate of drug-likeness (QED) is 0.567. The molecule has 0 saturated heterocycles. The maximum absolute atomic E-state index is 12.1. The molecule has 1 aromatic heterocycles. The van der Waals surface area contributed by atoms with Crippen molar-refractivity contribution in [2.75, 3.05) is 12.3 Å². The molecule has 0 aliphatic rings. The minimum absolute atomic E-state index is 0.153. The zero-order chi connectivity index (χ0) is 20.4. The summed E-state index contributed by atoms with van der Waals surface area (Å²) in [5, 5.41) is 0. The maximum Gasteiger partial charge on any atom is 0.573 e. The highest BCUT2D eigenvalue weighted by Gasteiger charge is 2.31. The Labute approximate surface area is 148 Å². The number of hydrogen-bond acceptors (Lipinski definition) is 7. The summed E-state index contributed by atoms with van der Waals surface area (Å²) in [6.07, 6.45) is -4.88. The number of benzene rings is 1. The van der Waals surface area contributed by atoms with Crippen LogP contribution in [0.4, 0.5) is 19.0 Å². The van der Waals surface area contributed by atoms with E-state index in [0.29, 0.717) is 0 Å². The second kappa shape index (κ2) is 7.35. The standard InChI is InChI=1S/C15H12F3N3O6/c1-21-11(19)10(12(23)20-14(21)25)9(22)6-26-13(24)7-2-4-8(5-3-7)27-15(16,17)18/h2-5H,6,19H2,1H3,(H,20,23,25). The first-order valence-electron chi connectivity index (χ1n) is 7.14. The molecule has 3 N–H and O–H groups in total. The third kappa shape index (κ3) is 4.74. The molecule has 1 heterocycles. The molecule has 27 heavy (non-hydrogen) atoms. The number of anilines is 1. The van der Waals surface area contributed by atoms with Crippen LogP contribution in [-0.2, 0) is 11.8 Å². The van der Waals surface area contributed by atoms with Crippen molar-refractivity contribution >= 4 is 17.6 Å². The third-order valence-electron chi connectivity index (χ3n) is 3.31. The zero-order valence-corrected chi connectivity index (χ0v) is 13.6. The first-order chi connectivity index (χ1) is 12.5. The van der Waals surface area contributed by atoms with Gasteiger partial charge >= 0.3 is 18.0 Å². The molecular weight excluding hydrogens is 375 g/mol. The van der Waals surface area contributed by atoms with Gasteiger partial charge < -0.3 is 15.2 Å². The predicted octanol–water partition coefficient (Wildman–Crippen LogP) is 0.594. The number of nitrogens with one attached hydrogen (secondary N) is 1. The van der Waals surface area contributed by atoms with Gasteiger partial charge in [0, 0.05) is 7.05 Å². The van der Waals surface area contributed by atoms with Crippen LogP contribution in [0.3, 0.4) is 0 Å². The lowest BCUT2D eigenvalue weighted by Gasteiger charge is -2.10. The van der Waals surface area contributed by atoms with Crippen LogP contribution in [0, 0.1) is 0 Å². The van der Waals surface area contributed by atoms with Crippen molar-refractivity contribution in [3.8, 4) is 5.75 Å². The van der Waals surface area contributed by atoms with Crippen LogP contribution in [0.2, 0.25) is 0 Å². The van der Waals surface area contributed by atoms with Gasteiger partial charge in [0.25, 0.3) is 5.56 Å². The number of carbonyl (C=O) groups excluding carboxylic acids is 2. The molecule has 144 valence electrons. The minimum Gasteiger partial charge on any atom is -0.454 e. The number of nitrogens with two attached hydrogens (primary N) is 1. The monoisotopic (exact) mass is 387 g/mol. The number of aromatic amines is 1. The first-order valence-corrected chi connectivity index (χ1v) is 7.14. The Morgan fingerprint density at radius 3 is 2.33 bits per heavy atom. The van der Waals surface area contributed by atoms with Crippen molar-refractivity contribution in [3.05, 3.63) is 56.2 Å². The van der Waals surface area contributed by atoms with Crippen LogP contribution in [0.5, 0.6) is 5.75 Å². The Kier molecular flexibility index (Phi) is 5.38. The number of nitrogens with zero attached hydrogens (tertiary/aromatic N) is 1. The highest BCUT2D eigenvalue weighted by molar-refractivity contribution is 6.02. The summed E-state index contributed by atoms with van der Waals surface area (Å²) >= 11 is 0. The summed E-state index contributed by atoms with van der Waals surface area (Å²) in [6.45, 7) is -0.870. The number of carbonyl (C=O) groups is 2. The molecule has 0 saturated carbocycles. The smallest absolute Gasteiger partial charge is 0.454 e. The van der Waals surface area contributed by atoms with Crippen molar-refractivity contribution in [3.63, 3.8) is 0 Å². The number of aromatic nitrogens is 2. The number of ether oxygens (including phenoxy) is 2. The summed E-state index contributed by atoms with van der Waals surface area (Å²) in [7, 11) is 1.22. The molecule has 0 amide bonds. The lowest BCUT2D eigenvalue weighted by Crippen LogP contribution is -2.35. The van der Waals surface area contributed by atoms with E-state index in [-0.39, 0.29) is 5.56 Å². The van der Waals surface area contributed by atoms with Crippen LogP contribution >= 0.6 is 0 Å². The fourth-order valence-corrected chi connectivity index (χ4v) is 1.99. The summed E-state index contributed by atoms with van der Waals surface area (Å²) in [5.74, 6) is -2.94. The van der Waals surface area contributed by atoms with Crippen molar-refractivity contribution in [2.24, 2.45) is 7.05 Å². The van der Waals surface area contributed by atoms with Gasteiger partial charge in [0.1, 0.15) is 17.1 Å². The van der Waals surface area contributed by atoms with E-state index in [1.807, 2.05) is 4.98 Å². The van der Waals surface area contributed by atoms with Crippen molar-refractivity contribution in [2.45, 2.75) is 6.36 Å². The van der Waals surface area contributed by atoms with Gasteiger partial charge in [-0.3, -0.25) is 19.1 Å². The largest absolute Gasteiger partial charge is 0.573 e. The van der Waals surface area contributed by atoms with E-state index >= 15 is 0 Å². The molecule has 0 aliphatic heterocycles. The second-order valence-electron chi connectivity index (χ2n) is 5.15. The Hall–Kier alpha value is -3.57. The van der Waals surface area contributed by atoms with Crippen LogP contribution in [0.15, 0.2) is 33.9 Å². The number of alkyl halides is 3. The molecule has 1 aromatic carbocycles. The van der Waals surface area contributed by atoms with Gasteiger partial charge in [-0.05, 0) is 24.3 Å². The van der Waals surface area contributed by atoms with Gasteiger partial charge in [-0.1, -0.05) is 0 Å². The second-order valence-corrected chi connectivity index (χ2v) is 5.15. The number of halogens is 3. The summed E-state index contributed by atoms with van der Waals surface area (Å²) in [4.78, 5) is 48.9. The Morgan fingerprint density at radius 2 is 1.78 bits per heavy atom. The Morgan fingerprint density at radius 1 is 1.19 bits per heavy atom. The van der Waals surface area contributed by atoms with Crippen LogP contribution in [-0.4, -0.2) is 34.3 Å². The molecule has 0 fully saturated rings. The average molecular weight is 387 g/mol. The number of esters is 1. The summed E-state index contributed by atoms with van der Waals surface area (Å²) in [5.41, 5.74) is 2.97.